The van der Waals surface area contributed by atoms with Gasteiger partial charge in [0.15, 0.2) is 0 Å². The van der Waals surface area contributed by atoms with Crippen molar-refractivity contribution in [2.75, 3.05) is 46.2 Å². The van der Waals surface area contributed by atoms with E-state index in [1.165, 1.54) is 19.3 Å². The highest BCUT2D eigenvalue weighted by Crippen LogP contribution is 1.98. The van der Waals surface area contributed by atoms with E-state index < -0.39 is 0 Å². The molecule has 3 N–H and O–H groups in total. The third-order valence-corrected chi connectivity index (χ3v) is 1.89. The van der Waals surface area contributed by atoms with Crippen molar-refractivity contribution in [2.45, 2.75) is 46.5 Å². The van der Waals surface area contributed by atoms with Gasteiger partial charge < -0.3 is 24.8 Å². The van der Waals surface area contributed by atoms with Gasteiger partial charge in [-0.1, -0.05) is 26.2 Å². The second kappa shape index (κ2) is 30.7. The van der Waals surface area contributed by atoms with E-state index in [2.05, 4.69) is 6.92 Å². The van der Waals surface area contributed by atoms with Crippen molar-refractivity contribution >= 4 is 0 Å². The zero-order chi connectivity index (χ0) is 15.2. The van der Waals surface area contributed by atoms with Gasteiger partial charge in [-0.05, 0) is 20.3 Å². The summed E-state index contributed by atoms with van der Waals surface area (Å²) >= 11 is 0. The lowest BCUT2D eigenvalue weighted by Crippen LogP contribution is -2.00. The zero-order valence-electron chi connectivity index (χ0n) is 12.9. The molecule has 0 aliphatic heterocycles. The minimum absolute atomic E-state index is 0.125. The van der Waals surface area contributed by atoms with Crippen LogP contribution >= 0.6 is 0 Å². The van der Waals surface area contributed by atoms with Crippen LogP contribution in [-0.2, 0) is 9.47 Å². The number of aliphatic hydroxyl groups excluding tert-OH is 3. The van der Waals surface area contributed by atoms with Crippen molar-refractivity contribution in [1.29, 1.82) is 0 Å². The van der Waals surface area contributed by atoms with E-state index in [0.717, 1.165) is 26.2 Å². The van der Waals surface area contributed by atoms with Crippen LogP contribution in [0.15, 0.2) is 0 Å². The number of ether oxygens (including phenoxy) is 2. The molecule has 120 valence electrons. The standard InChI is InChI=1S/C8H18O2.C4H10O.C2H6O2/c1-2-3-4-5-7-10-8-6-9;1-3-5-4-2;3-1-2-4/h9H,2-8H2,1H3;3-4H2,1-2H3;3-4H,1-2H2. The van der Waals surface area contributed by atoms with Gasteiger partial charge in [0, 0.05) is 19.8 Å². The molecule has 0 saturated carbocycles. The Balaban J connectivity index is -0.000000238. The molecule has 0 rings (SSSR count). The van der Waals surface area contributed by atoms with Crippen LogP contribution in [0.4, 0.5) is 0 Å². The van der Waals surface area contributed by atoms with Crippen LogP contribution in [0, 0.1) is 0 Å². The van der Waals surface area contributed by atoms with E-state index in [1.54, 1.807) is 0 Å². The fourth-order valence-electron chi connectivity index (χ4n) is 1.00. The Kier molecular flexibility index (Phi) is 38.5. The predicted molar refractivity (Wildman–Crippen MR) is 78.4 cm³/mol. The summed E-state index contributed by atoms with van der Waals surface area (Å²) in [4.78, 5) is 0. The van der Waals surface area contributed by atoms with Crippen molar-refractivity contribution in [2.24, 2.45) is 0 Å². The molecule has 0 aromatic heterocycles. The third-order valence-electron chi connectivity index (χ3n) is 1.89. The maximum Gasteiger partial charge on any atom is 0.0697 e. The molecule has 0 aromatic carbocycles. The van der Waals surface area contributed by atoms with Gasteiger partial charge >= 0.3 is 0 Å². The van der Waals surface area contributed by atoms with E-state index in [0.29, 0.717) is 6.61 Å². The molecule has 0 fully saturated rings. The second-order valence-corrected chi connectivity index (χ2v) is 3.63. The van der Waals surface area contributed by atoms with Gasteiger partial charge in [-0.25, -0.2) is 0 Å². The minimum Gasteiger partial charge on any atom is -0.394 e. The molecule has 5 nitrogen and oxygen atoms in total. The molecule has 0 radical (unpaired) electrons. The van der Waals surface area contributed by atoms with Gasteiger partial charge in [-0.15, -0.1) is 0 Å². The van der Waals surface area contributed by atoms with Crippen LogP contribution in [0.1, 0.15) is 46.5 Å². The first-order chi connectivity index (χ1) is 9.24. The van der Waals surface area contributed by atoms with E-state index in [4.69, 9.17) is 24.8 Å². The molecular formula is C14H34O5. The minimum atomic E-state index is -0.125. The van der Waals surface area contributed by atoms with E-state index in [1.807, 2.05) is 13.8 Å². The first-order valence-corrected chi connectivity index (χ1v) is 7.22. The fourth-order valence-corrected chi connectivity index (χ4v) is 1.00. The summed E-state index contributed by atoms with van der Waals surface area (Å²) in [5.41, 5.74) is 0. The maximum atomic E-state index is 8.34. The number of aliphatic hydroxyl groups is 3. The average molecular weight is 282 g/mol. The molecule has 5 heteroatoms. The number of rotatable bonds is 10. The highest BCUT2D eigenvalue weighted by Gasteiger charge is 1.87. The number of hydrogen-bond acceptors (Lipinski definition) is 5. The fraction of sp³-hybridized carbons (Fsp3) is 1.00. The molecule has 0 aromatic rings. The van der Waals surface area contributed by atoms with Gasteiger partial charge in [-0.2, -0.15) is 0 Å². The van der Waals surface area contributed by atoms with Crippen LogP contribution in [-0.4, -0.2) is 61.6 Å². The summed E-state index contributed by atoms with van der Waals surface area (Å²) in [6.07, 6.45) is 4.94. The normalized spacial score (nSPS) is 9.16. The van der Waals surface area contributed by atoms with Crippen molar-refractivity contribution in [3.8, 4) is 0 Å². The molecule has 0 aliphatic rings. The lowest BCUT2D eigenvalue weighted by Gasteiger charge is -2.00. The molecule has 0 heterocycles. The Bertz CT molecular complexity index is 100. The molecule has 0 saturated heterocycles. The Hall–Kier alpha value is -0.200. The third kappa shape index (κ3) is 46.3. The topological polar surface area (TPSA) is 79.2 Å². The smallest absolute Gasteiger partial charge is 0.0697 e. The summed E-state index contributed by atoms with van der Waals surface area (Å²) in [5, 5.41) is 23.6. The first kappa shape index (κ1) is 23.9. The largest absolute Gasteiger partial charge is 0.394 e. The zero-order valence-corrected chi connectivity index (χ0v) is 12.9. The number of unbranched alkanes of at least 4 members (excludes halogenated alkanes) is 3. The molecule has 0 unspecified atom stereocenters. The second-order valence-electron chi connectivity index (χ2n) is 3.63. The Morgan fingerprint density at radius 3 is 1.53 bits per heavy atom. The summed E-state index contributed by atoms with van der Waals surface area (Å²) in [5.74, 6) is 0. The van der Waals surface area contributed by atoms with Crippen molar-refractivity contribution < 1.29 is 24.8 Å². The summed E-state index contributed by atoms with van der Waals surface area (Å²) in [7, 11) is 0. The van der Waals surface area contributed by atoms with E-state index in [9.17, 15) is 0 Å². The van der Waals surface area contributed by atoms with E-state index in [-0.39, 0.29) is 19.8 Å². The molecular weight excluding hydrogens is 248 g/mol. The van der Waals surface area contributed by atoms with Crippen LogP contribution in [0.5, 0.6) is 0 Å². The number of hydrogen-bond donors (Lipinski definition) is 3. The summed E-state index contributed by atoms with van der Waals surface area (Å²) < 4.78 is 9.91. The van der Waals surface area contributed by atoms with Crippen LogP contribution < -0.4 is 0 Å². The van der Waals surface area contributed by atoms with Crippen LogP contribution in [0.3, 0.4) is 0 Å². The van der Waals surface area contributed by atoms with Gasteiger partial charge in [0.05, 0.1) is 26.4 Å². The molecule has 0 spiro atoms. The lowest BCUT2D eigenvalue weighted by atomic mass is 10.2. The SMILES string of the molecule is CCCCCCOCCO.CCOCC.OCCO. The van der Waals surface area contributed by atoms with Crippen LogP contribution in [0.2, 0.25) is 0 Å². The monoisotopic (exact) mass is 282 g/mol. The van der Waals surface area contributed by atoms with Crippen LogP contribution in [0.25, 0.3) is 0 Å². The van der Waals surface area contributed by atoms with Gasteiger partial charge in [0.25, 0.3) is 0 Å². The Labute approximate surface area is 118 Å². The molecule has 0 bridgehead atoms. The molecule has 0 amide bonds. The van der Waals surface area contributed by atoms with E-state index >= 15 is 0 Å². The van der Waals surface area contributed by atoms with Gasteiger partial charge in [0.1, 0.15) is 0 Å². The van der Waals surface area contributed by atoms with Gasteiger partial charge in [0.2, 0.25) is 0 Å². The average Bonchev–Trinajstić information content (AvgIpc) is 2.45. The lowest BCUT2D eigenvalue weighted by molar-refractivity contribution is 0.0896. The highest BCUT2D eigenvalue weighted by atomic mass is 16.5. The Morgan fingerprint density at radius 1 is 0.632 bits per heavy atom. The quantitative estimate of drug-likeness (QED) is 0.530. The summed E-state index contributed by atoms with van der Waals surface area (Å²) in [6.45, 7) is 9.05. The first-order valence-electron chi connectivity index (χ1n) is 7.22. The molecule has 0 atom stereocenters. The predicted octanol–water partition coefficient (Wildman–Crippen LogP) is 1.59. The molecule has 19 heavy (non-hydrogen) atoms. The highest BCUT2D eigenvalue weighted by molar-refractivity contribution is 4.38. The van der Waals surface area contributed by atoms with Crippen molar-refractivity contribution in [3.63, 3.8) is 0 Å². The van der Waals surface area contributed by atoms with Gasteiger partial charge in [-0.3, -0.25) is 0 Å². The summed E-state index contributed by atoms with van der Waals surface area (Å²) in [6, 6.07) is 0. The molecule has 0 aliphatic carbocycles. The van der Waals surface area contributed by atoms with Crippen molar-refractivity contribution in [1.82, 2.24) is 0 Å². The maximum absolute atomic E-state index is 8.34. The Morgan fingerprint density at radius 2 is 1.21 bits per heavy atom. The van der Waals surface area contributed by atoms with Crippen molar-refractivity contribution in [3.05, 3.63) is 0 Å².